The number of carboxylic acid groups (broad SMARTS) is 1. The molecular formula is C32H50O5. The average molecular weight is 515 g/mol. The molecule has 3 fully saturated rings. The Kier molecular flexibility index (Phi) is 7.32. The van der Waals surface area contributed by atoms with E-state index in [1.165, 1.54) is 0 Å². The number of rotatable bonds is 6. The normalized spacial score (nSPS) is 43.6. The number of carboxylic acids is 1. The summed E-state index contributed by atoms with van der Waals surface area (Å²) in [6, 6.07) is 0. The predicted octanol–water partition coefficient (Wildman–Crippen LogP) is 6.94. The molecule has 0 radical (unpaired) electrons. The van der Waals surface area contributed by atoms with Crippen molar-refractivity contribution in [3.05, 3.63) is 23.3 Å². The van der Waals surface area contributed by atoms with Crippen molar-refractivity contribution in [3.8, 4) is 0 Å². The second-order valence-corrected chi connectivity index (χ2v) is 14.2. The summed E-state index contributed by atoms with van der Waals surface area (Å²) in [4.78, 5) is 23.7. The van der Waals surface area contributed by atoms with Gasteiger partial charge in [-0.25, -0.2) is 4.79 Å². The third-order valence-corrected chi connectivity index (χ3v) is 12.3. The molecule has 4 aliphatic rings. The van der Waals surface area contributed by atoms with Crippen LogP contribution in [0.25, 0.3) is 0 Å². The Labute approximate surface area is 224 Å². The van der Waals surface area contributed by atoms with Crippen LogP contribution in [0.3, 0.4) is 0 Å². The molecule has 5 nitrogen and oxygen atoms in total. The molecule has 0 aromatic heterocycles. The first-order chi connectivity index (χ1) is 17.1. The molecule has 0 spiro atoms. The molecular weight excluding hydrogens is 464 g/mol. The molecule has 0 heterocycles. The highest BCUT2D eigenvalue weighted by Crippen LogP contribution is 2.73. The molecule has 208 valence electrons. The maximum absolute atomic E-state index is 12.5. The lowest BCUT2D eigenvalue weighted by molar-refractivity contribution is -0.184. The number of aliphatic hydroxyl groups excluding tert-OH is 1. The smallest absolute Gasteiger partial charge is 0.330 e. The summed E-state index contributed by atoms with van der Waals surface area (Å²) < 4.78 is 6.27. The Morgan fingerprint density at radius 3 is 2.43 bits per heavy atom. The van der Waals surface area contributed by atoms with Gasteiger partial charge in [0.2, 0.25) is 0 Å². The minimum atomic E-state index is -0.851. The van der Waals surface area contributed by atoms with E-state index < -0.39 is 5.97 Å². The van der Waals surface area contributed by atoms with Crippen LogP contribution in [0.5, 0.6) is 0 Å². The largest absolute Gasteiger partial charge is 0.478 e. The quantitative estimate of drug-likeness (QED) is 0.228. The van der Waals surface area contributed by atoms with Crippen LogP contribution in [0, 0.1) is 45.3 Å². The van der Waals surface area contributed by atoms with Gasteiger partial charge in [0, 0.05) is 17.9 Å². The van der Waals surface area contributed by atoms with Gasteiger partial charge in [0.15, 0.2) is 0 Å². The van der Waals surface area contributed by atoms with Gasteiger partial charge >= 0.3 is 11.9 Å². The fourth-order valence-electron chi connectivity index (χ4n) is 9.84. The third kappa shape index (κ3) is 4.22. The summed E-state index contributed by atoms with van der Waals surface area (Å²) >= 11 is 0. The minimum absolute atomic E-state index is 0.0457. The van der Waals surface area contributed by atoms with Gasteiger partial charge in [0.05, 0.1) is 6.10 Å². The van der Waals surface area contributed by atoms with Crippen LogP contribution in [0.2, 0.25) is 0 Å². The number of fused-ring (bicyclic) bond motifs is 5. The highest BCUT2D eigenvalue weighted by atomic mass is 16.5. The fourth-order valence-corrected chi connectivity index (χ4v) is 9.84. The van der Waals surface area contributed by atoms with Gasteiger partial charge < -0.3 is 14.9 Å². The van der Waals surface area contributed by atoms with Gasteiger partial charge in [-0.15, -0.1) is 0 Å². The maximum atomic E-state index is 12.5. The predicted molar refractivity (Wildman–Crippen MR) is 146 cm³/mol. The molecule has 5 heteroatoms. The lowest BCUT2D eigenvalue weighted by Crippen LogP contribution is -2.62. The van der Waals surface area contributed by atoms with Crippen molar-refractivity contribution in [2.45, 2.75) is 119 Å². The molecule has 0 aliphatic heterocycles. The van der Waals surface area contributed by atoms with Gasteiger partial charge in [-0.3, -0.25) is 4.79 Å². The van der Waals surface area contributed by atoms with Crippen molar-refractivity contribution in [2.24, 2.45) is 45.3 Å². The Balaban J connectivity index is 1.71. The van der Waals surface area contributed by atoms with Crippen molar-refractivity contribution >= 4 is 11.9 Å². The zero-order chi connectivity index (χ0) is 27.6. The molecule has 4 aliphatic carbocycles. The van der Waals surface area contributed by atoms with E-state index in [2.05, 4.69) is 47.6 Å². The van der Waals surface area contributed by atoms with E-state index in [1.54, 1.807) is 19.4 Å². The molecule has 4 rings (SSSR count). The SMILES string of the molecule is CC(=O)O[C@H]1C[C@H]2C(=CC[C@H]3C(C)(C)[C@H](O)CC[C@]23C)[C@]2(C)CC[C@H]([C@H](C)CC/C=C(\C)C(=O)O)[C@@]12C. The van der Waals surface area contributed by atoms with Crippen LogP contribution in [-0.2, 0) is 14.3 Å². The van der Waals surface area contributed by atoms with E-state index in [0.717, 1.165) is 51.4 Å². The van der Waals surface area contributed by atoms with Gasteiger partial charge in [0.1, 0.15) is 6.10 Å². The van der Waals surface area contributed by atoms with Crippen molar-refractivity contribution in [2.75, 3.05) is 0 Å². The zero-order valence-electron chi connectivity index (χ0n) is 24.4. The fraction of sp³-hybridized carbons (Fsp3) is 0.812. The standard InChI is InChI=1S/C32H50O5/c1-19(10-9-11-20(2)28(35)36)22-14-17-31(7)23-12-13-25-29(4,5)26(34)15-16-30(25,6)24(23)18-27(32(22,31)8)37-21(3)33/h11-12,19,22,24-27,34H,9-10,13-18H2,1-8H3,(H,35,36)/b20-11+/t19-,22-,24+,25+,26-,27+,30-,31+,32+/m1/s1. The van der Waals surface area contributed by atoms with Gasteiger partial charge in [0.25, 0.3) is 0 Å². The van der Waals surface area contributed by atoms with E-state index in [4.69, 9.17) is 4.74 Å². The van der Waals surface area contributed by atoms with Crippen LogP contribution < -0.4 is 0 Å². The summed E-state index contributed by atoms with van der Waals surface area (Å²) in [6.07, 6.45) is 11.6. The number of aliphatic carboxylic acids is 1. The molecule has 2 N–H and O–H groups in total. The Morgan fingerprint density at radius 2 is 1.81 bits per heavy atom. The maximum Gasteiger partial charge on any atom is 0.330 e. The number of allylic oxidation sites excluding steroid dienone is 3. The number of carbonyl (C=O) groups excluding carboxylic acids is 1. The van der Waals surface area contributed by atoms with E-state index in [9.17, 15) is 19.8 Å². The molecule has 0 amide bonds. The van der Waals surface area contributed by atoms with Crippen molar-refractivity contribution in [1.82, 2.24) is 0 Å². The molecule has 0 saturated heterocycles. The Morgan fingerprint density at radius 1 is 1.14 bits per heavy atom. The monoisotopic (exact) mass is 514 g/mol. The number of ether oxygens (including phenoxy) is 1. The number of aliphatic hydroxyl groups is 1. The summed E-state index contributed by atoms with van der Waals surface area (Å²) in [7, 11) is 0. The zero-order valence-corrected chi connectivity index (χ0v) is 24.4. The molecule has 0 unspecified atom stereocenters. The van der Waals surface area contributed by atoms with Crippen LogP contribution in [0.4, 0.5) is 0 Å². The average Bonchev–Trinajstić information content (AvgIpc) is 3.09. The summed E-state index contributed by atoms with van der Waals surface area (Å²) in [5.74, 6) is 0.513. The van der Waals surface area contributed by atoms with Crippen LogP contribution in [-0.4, -0.2) is 34.4 Å². The van der Waals surface area contributed by atoms with Crippen LogP contribution >= 0.6 is 0 Å². The Hall–Kier alpha value is -1.62. The second-order valence-electron chi connectivity index (χ2n) is 14.2. The number of hydrogen-bond donors (Lipinski definition) is 2. The first-order valence-electron chi connectivity index (χ1n) is 14.6. The van der Waals surface area contributed by atoms with E-state index in [0.29, 0.717) is 29.2 Å². The highest BCUT2D eigenvalue weighted by Gasteiger charge is 2.69. The summed E-state index contributed by atoms with van der Waals surface area (Å²) in [6.45, 7) is 17.3. The number of esters is 1. The van der Waals surface area contributed by atoms with Gasteiger partial charge in [-0.1, -0.05) is 59.3 Å². The minimum Gasteiger partial charge on any atom is -0.478 e. The van der Waals surface area contributed by atoms with Crippen LogP contribution in [0.15, 0.2) is 23.3 Å². The lowest BCUT2D eigenvalue weighted by Gasteiger charge is -2.65. The molecule has 0 aromatic rings. The van der Waals surface area contributed by atoms with E-state index in [1.807, 2.05) is 6.08 Å². The van der Waals surface area contributed by atoms with Crippen molar-refractivity contribution < 1.29 is 24.5 Å². The molecule has 9 atom stereocenters. The summed E-state index contributed by atoms with van der Waals surface area (Å²) in [5.41, 5.74) is 1.72. The topological polar surface area (TPSA) is 83.8 Å². The third-order valence-electron chi connectivity index (χ3n) is 12.3. The number of hydrogen-bond acceptors (Lipinski definition) is 4. The lowest BCUT2D eigenvalue weighted by atomic mass is 9.40. The highest BCUT2D eigenvalue weighted by molar-refractivity contribution is 5.85. The summed E-state index contributed by atoms with van der Waals surface area (Å²) in [5, 5.41) is 20.1. The molecule has 3 saturated carbocycles. The van der Waals surface area contributed by atoms with Gasteiger partial charge in [-0.2, -0.15) is 0 Å². The molecule has 37 heavy (non-hydrogen) atoms. The molecule has 0 aromatic carbocycles. The van der Waals surface area contributed by atoms with Crippen molar-refractivity contribution in [1.29, 1.82) is 0 Å². The second kappa shape index (κ2) is 9.54. The van der Waals surface area contributed by atoms with Crippen molar-refractivity contribution in [3.63, 3.8) is 0 Å². The molecule has 0 bridgehead atoms. The van der Waals surface area contributed by atoms with Crippen LogP contribution in [0.1, 0.15) is 107 Å². The van der Waals surface area contributed by atoms with E-state index in [-0.39, 0.29) is 39.8 Å². The Bertz CT molecular complexity index is 993. The first kappa shape index (κ1) is 28.4. The first-order valence-corrected chi connectivity index (χ1v) is 14.6. The van der Waals surface area contributed by atoms with Gasteiger partial charge in [-0.05, 0) is 98.2 Å². The van der Waals surface area contributed by atoms with E-state index >= 15 is 0 Å². The number of carbonyl (C=O) groups is 2.